The number of Topliss-reactive ketones (excluding diaryl/α,β-unsaturated/α-hetero) is 1. The van der Waals surface area contributed by atoms with Crippen molar-refractivity contribution in [2.75, 3.05) is 13.6 Å². The molecular weight excluding hydrogens is 234 g/mol. The molecule has 110 valence electrons. The summed E-state index contributed by atoms with van der Waals surface area (Å²) in [7, 11) is 2.15. The highest BCUT2D eigenvalue weighted by Gasteiger charge is 2.59. The molecule has 3 fully saturated rings. The quantitative estimate of drug-likeness (QED) is 0.758. The van der Waals surface area contributed by atoms with Crippen molar-refractivity contribution in [1.82, 2.24) is 4.90 Å². The Morgan fingerprint density at radius 2 is 1.95 bits per heavy atom. The third-order valence-electron chi connectivity index (χ3n) is 6.05. The van der Waals surface area contributed by atoms with Crippen LogP contribution >= 0.6 is 0 Å². The van der Waals surface area contributed by atoms with Gasteiger partial charge in [-0.05, 0) is 62.8 Å². The van der Waals surface area contributed by atoms with E-state index in [0.29, 0.717) is 11.2 Å². The van der Waals surface area contributed by atoms with Crippen LogP contribution in [0.3, 0.4) is 0 Å². The maximum absolute atomic E-state index is 11.7. The van der Waals surface area contributed by atoms with Crippen LogP contribution in [0.4, 0.5) is 0 Å². The molecule has 5 atom stereocenters. The Hall–Kier alpha value is -0.370. The summed E-state index contributed by atoms with van der Waals surface area (Å²) in [6.07, 6.45) is 6.78. The monoisotopic (exact) mass is 265 g/mol. The number of likely N-dealkylation sites (tertiary alicyclic amines) is 1. The smallest absolute Gasteiger partial charge is 0.146 e. The minimum absolute atomic E-state index is 0.210. The van der Waals surface area contributed by atoms with Gasteiger partial charge in [-0.25, -0.2) is 0 Å². The van der Waals surface area contributed by atoms with E-state index in [1.807, 2.05) is 13.8 Å². The average Bonchev–Trinajstić information content (AvgIpc) is 2.81. The van der Waals surface area contributed by atoms with Crippen molar-refractivity contribution in [1.29, 1.82) is 0 Å². The van der Waals surface area contributed by atoms with Gasteiger partial charge in [0, 0.05) is 6.54 Å². The van der Waals surface area contributed by atoms with E-state index in [1.165, 1.54) is 32.2 Å². The zero-order valence-electron chi connectivity index (χ0n) is 13.4. The van der Waals surface area contributed by atoms with Crippen molar-refractivity contribution in [2.45, 2.75) is 65.8 Å². The Kier molecular flexibility index (Phi) is 4.39. The predicted octanol–water partition coefficient (Wildman–Crippen LogP) is 3.75. The van der Waals surface area contributed by atoms with E-state index in [4.69, 9.17) is 0 Å². The van der Waals surface area contributed by atoms with Gasteiger partial charge in [-0.3, -0.25) is 9.69 Å². The molecule has 1 saturated heterocycles. The fraction of sp³-hybridized carbons (Fsp3) is 0.941. The molecule has 0 amide bonds. The van der Waals surface area contributed by atoms with Gasteiger partial charge in [0.15, 0.2) is 0 Å². The van der Waals surface area contributed by atoms with Gasteiger partial charge in [0.1, 0.15) is 5.78 Å². The summed E-state index contributed by atoms with van der Waals surface area (Å²) in [5, 5.41) is 0. The zero-order chi connectivity index (χ0) is 14.2. The molecule has 0 aromatic heterocycles. The fourth-order valence-corrected chi connectivity index (χ4v) is 5.32. The SMILES string of the molecule is CC.CCC1C2CCC2CC12CC(C(C)=O)N(C)C2. The Labute approximate surface area is 118 Å². The highest BCUT2D eigenvalue weighted by atomic mass is 16.1. The van der Waals surface area contributed by atoms with Crippen molar-refractivity contribution in [3.63, 3.8) is 0 Å². The lowest BCUT2D eigenvalue weighted by atomic mass is 9.69. The Balaban J connectivity index is 0.000000637. The highest BCUT2D eigenvalue weighted by molar-refractivity contribution is 5.81. The number of ketones is 1. The van der Waals surface area contributed by atoms with Gasteiger partial charge in [-0.2, -0.15) is 0 Å². The standard InChI is InChI=1S/C15H25NO.C2H6/c1-4-13-12-6-5-11(12)7-15(13)8-14(10(2)17)16(3)9-15;1-2/h11-14H,4-9H2,1-3H3;1-2H3. The number of carbonyl (C=O) groups is 1. The molecule has 2 saturated carbocycles. The maximum atomic E-state index is 11.7. The Morgan fingerprint density at radius 3 is 2.37 bits per heavy atom. The topological polar surface area (TPSA) is 20.3 Å². The summed E-state index contributed by atoms with van der Waals surface area (Å²) >= 11 is 0. The van der Waals surface area contributed by atoms with Gasteiger partial charge in [-0.1, -0.05) is 27.2 Å². The lowest BCUT2D eigenvalue weighted by Crippen LogP contribution is -2.32. The molecule has 0 N–H and O–H groups in total. The van der Waals surface area contributed by atoms with Crippen molar-refractivity contribution in [2.24, 2.45) is 23.2 Å². The highest BCUT2D eigenvalue weighted by Crippen LogP contribution is 2.63. The number of carbonyl (C=O) groups excluding carboxylic acids is 1. The fourth-order valence-electron chi connectivity index (χ4n) is 5.32. The number of hydrogen-bond acceptors (Lipinski definition) is 2. The third-order valence-corrected chi connectivity index (χ3v) is 6.05. The van der Waals surface area contributed by atoms with E-state index in [1.54, 1.807) is 6.92 Å². The van der Waals surface area contributed by atoms with Crippen LogP contribution in [0.2, 0.25) is 0 Å². The van der Waals surface area contributed by atoms with E-state index in [9.17, 15) is 4.79 Å². The molecule has 1 heterocycles. The lowest BCUT2D eigenvalue weighted by Gasteiger charge is -2.36. The first-order valence-corrected chi connectivity index (χ1v) is 8.28. The number of rotatable bonds is 2. The van der Waals surface area contributed by atoms with Crippen LogP contribution in [-0.2, 0) is 4.79 Å². The molecular formula is C17H31NO. The maximum Gasteiger partial charge on any atom is 0.146 e. The van der Waals surface area contributed by atoms with E-state index < -0.39 is 0 Å². The summed E-state index contributed by atoms with van der Waals surface area (Å²) < 4.78 is 0. The second-order valence-corrected chi connectivity index (χ2v) is 6.83. The number of likely N-dealkylation sites (N-methyl/N-ethyl adjacent to an activating group) is 1. The van der Waals surface area contributed by atoms with Crippen molar-refractivity contribution >= 4 is 5.78 Å². The molecule has 0 aromatic carbocycles. The molecule has 0 radical (unpaired) electrons. The second-order valence-electron chi connectivity index (χ2n) is 6.83. The Bertz CT molecular complexity index is 340. The van der Waals surface area contributed by atoms with Gasteiger partial charge in [0.2, 0.25) is 0 Å². The van der Waals surface area contributed by atoms with Gasteiger partial charge in [0.25, 0.3) is 0 Å². The van der Waals surface area contributed by atoms with E-state index >= 15 is 0 Å². The van der Waals surface area contributed by atoms with Crippen LogP contribution in [0.5, 0.6) is 0 Å². The van der Waals surface area contributed by atoms with Crippen LogP contribution in [0.1, 0.15) is 59.8 Å². The summed E-state index contributed by atoms with van der Waals surface area (Å²) in [5.74, 6) is 3.27. The molecule has 19 heavy (non-hydrogen) atoms. The van der Waals surface area contributed by atoms with Crippen molar-refractivity contribution < 1.29 is 4.79 Å². The number of fused-ring (bicyclic) bond motifs is 1. The minimum Gasteiger partial charge on any atom is -0.298 e. The molecule has 3 rings (SSSR count). The molecule has 1 spiro atoms. The predicted molar refractivity (Wildman–Crippen MR) is 80.1 cm³/mol. The van der Waals surface area contributed by atoms with Crippen LogP contribution < -0.4 is 0 Å². The summed E-state index contributed by atoms with van der Waals surface area (Å²) in [6, 6.07) is 0.210. The van der Waals surface area contributed by atoms with Crippen LogP contribution in [-0.4, -0.2) is 30.3 Å². The minimum atomic E-state index is 0.210. The van der Waals surface area contributed by atoms with Gasteiger partial charge in [-0.15, -0.1) is 0 Å². The lowest BCUT2D eigenvalue weighted by molar-refractivity contribution is -0.120. The summed E-state index contributed by atoms with van der Waals surface area (Å²) in [4.78, 5) is 14.1. The van der Waals surface area contributed by atoms with Crippen molar-refractivity contribution in [3.05, 3.63) is 0 Å². The molecule has 2 heteroatoms. The normalized spacial score (nSPS) is 44.5. The average molecular weight is 265 g/mol. The summed E-state index contributed by atoms with van der Waals surface area (Å²) in [5.41, 5.74) is 0.492. The first-order valence-electron chi connectivity index (χ1n) is 8.28. The molecule has 5 unspecified atom stereocenters. The van der Waals surface area contributed by atoms with Crippen molar-refractivity contribution in [3.8, 4) is 0 Å². The van der Waals surface area contributed by atoms with Gasteiger partial charge < -0.3 is 0 Å². The molecule has 0 aromatic rings. The number of hydrogen-bond donors (Lipinski definition) is 0. The van der Waals surface area contributed by atoms with E-state index in [2.05, 4.69) is 18.9 Å². The molecule has 2 nitrogen and oxygen atoms in total. The zero-order valence-corrected chi connectivity index (χ0v) is 13.4. The second kappa shape index (κ2) is 5.55. The molecule has 3 aliphatic rings. The van der Waals surface area contributed by atoms with Crippen LogP contribution in [0, 0.1) is 23.2 Å². The van der Waals surface area contributed by atoms with E-state index in [-0.39, 0.29) is 6.04 Å². The molecule has 1 aliphatic heterocycles. The molecule has 0 bridgehead atoms. The van der Waals surface area contributed by atoms with E-state index in [0.717, 1.165) is 24.2 Å². The third kappa shape index (κ3) is 2.26. The summed E-state index contributed by atoms with van der Waals surface area (Å²) in [6.45, 7) is 9.29. The largest absolute Gasteiger partial charge is 0.298 e. The Morgan fingerprint density at radius 1 is 1.26 bits per heavy atom. The van der Waals surface area contributed by atoms with Gasteiger partial charge >= 0.3 is 0 Å². The van der Waals surface area contributed by atoms with Gasteiger partial charge in [0.05, 0.1) is 6.04 Å². The number of nitrogens with zero attached hydrogens (tertiary/aromatic N) is 1. The van der Waals surface area contributed by atoms with Crippen LogP contribution in [0.25, 0.3) is 0 Å². The first-order chi connectivity index (χ1) is 9.07. The molecule has 2 aliphatic carbocycles. The van der Waals surface area contributed by atoms with Crippen LogP contribution in [0.15, 0.2) is 0 Å². The first kappa shape index (κ1) is 15.0.